The minimum absolute atomic E-state index is 0. The number of halogens is 1. The molecular formula is C14H28IN5. The summed E-state index contributed by atoms with van der Waals surface area (Å²) in [6, 6.07) is 0.372. The van der Waals surface area contributed by atoms with Gasteiger partial charge in [-0.3, -0.25) is 4.68 Å². The highest BCUT2D eigenvalue weighted by molar-refractivity contribution is 14.0. The van der Waals surface area contributed by atoms with Crippen LogP contribution in [0.1, 0.15) is 45.6 Å². The van der Waals surface area contributed by atoms with Crippen molar-refractivity contribution in [3.05, 3.63) is 18.0 Å². The predicted molar refractivity (Wildman–Crippen MR) is 95.2 cm³/mol. The van der Waals surface area contributed by atoms with E-state index in [2.05, 4.69) is 36.2 Å². The molecule has 6 heteroatoms. The molecule has 1 unspecified atom stereocenters. The van der Waals surface area contributed by atoms with E-state index < -0.39 is 0 Å². The SMILES string of the molecule is CC(C)CCCC(C)NC(N)=NCc1cnn(C)c1.I. The molecule has 0 saturated carbocycles. The summed E-state index contributed by atoms with van der Waals surface area (Å²) in [5.41, 5.74) is 6.94. The third-order valence-corrected chi connectivity index (χ3v) is 3.00. The van der Waals surface area contributed by atoms with Crippen LogP contribution in [-0.2, 0) is 13.6 Å². The molecule has 0 saturated heterocycles. The molecule has 0 aliphatic carbocycles. The van der Waals surface area contributed by atoms with Gasteiger partial charge in [0.05, 0.1) is 12.7 Å². The number of aryl methyl sites for hydroxylation is 1. The summed E-state index contributed by atoms with van der Waals surface area (Å²) in [6.45, 7) is 7.22. The number of aromatic nitrogens is 2. The van der Waals surface area contributed by atoms with Crippen LogP contribution in [0.3, 0.4) is 0 Å². The van der Waals surface area contributed by atoms with E-state index in [1.54, 1.807) is 4.68 Å². The van der Waals surface area contributed by atoms with E-state index in [0.717, 1.165) is 17.9 Å². The summed E-state index contributed by atoms with van der Waals surface area (Å²) in [7, 11) is 1.89. The predicted octanol–water partition coefficient (Wildman–Crippen LogP) is 2.66. The van der Waals surface area contributed by atoms with Gasteiger partial charge < -0.3 is 11.1 Å². The zero-order chi connectivity index (χ0) is 14.3. The largest absolute Gasteiger partial charge is 0.370 e. The van der Waals surface area contributed by atoms with Crippen LogP contribution >= 0.6 is 24.0 Å². The summed E-state index contributed by atoms with van der Waals surface area (Å²) in [4.78, 5) is 4.32. The molecule has 3 N–H and O–H groups in total. The summed E-state index contributed by atoms with van der Waals surface area (Å²) in [5.74, 6) is 1.28. The molecule has 0 radical (unpaired) electrons. The normalized spacial score (nSPS) is 13.2. The van der Waals surface area contributed by atoms with Gasteiger partial charge in [-0.1, -0.05) is 26.7 Å². The first-order chi connectivity index (χ1) is 8.97. The summed E-state index contributed by atoms with van der Waals surface area (Å²) in [6.07, 6.45) is 7.37. The lowest BCUT2D eigenvalue weighted by atomic mass is 10.0. The average molecular weight is 393 g/mol. The molecule has 0 aromatic carbocycles. The van der Waals surface area contributed by atoms with Gasteiger partial charge in [0.25, 0.3) is 0 Å². The maximum Gasteiger partial charge on any atom is 0.189 e. The fourth-order valence-corrected chi connectivity index (χ4v) is 1.93. The van der Waals surface area contributed by atoms with Crippen LogP contribution < -0.4 is 11.1 Å². The van der Waals surface area contributed by atoms with E-state index in [1.165, 1.54) is 12.8 Å². The number of hydrogen-bond donors (Lipinski definition) is 2. The fraction of sp³-hybridized carbons (Fsp3) is 0.714. The number of nitrogens with zero attached hydrogens (tertiary/aromatic N) is 3. The van der Waals surface area contributed by atoms with Crippen molar-refractivity contribution < 1.29 is 0 Å². The second kappa shape index (κ2) is 10.0. The van der Waals surface area contributed by atoms with Crippen LogP contribution in [0.4, 0.5) is 0 Å². The Hall–Kier alpha value is -0.790. The molecular weight excluding hydrogens is 365 g/mol. The minimum Gasteiger partial charge on any atom is -0.370 e. The van der Waals surface area contributed by atoms with Gasteiger partial charge in [0.15, 0.2) is 5.96 Å². The highest BCUT2D eigenvalue weighted by Gasteiger charge is 2.04. The zero-order valence-electron chi connectivity index (χ0n) is 13.0. The number of hydrogen-bond acceptors (Lipinski definition) is 2. The lowest BCUT2D eigenvalue weighted by Crippen LogP contribution is -2.38. The minimum atomic E-state index is 0. The molecule has 0 aliphatic rings. The van der Waals surface area contributed by atoms with Crippen LogP contribution in [0.2, 0.25) is 0 Å². The number of rotatable bonds is 7. The van der Waals surface area contributed by atoms with Crippen LogP contribution in [0.15, 0.2) is 17.4 Å². The molecule has 20 heavy (non-hydrogen) atoms. The summed E-state index contributed by atoms with van der Waals surface area (Å²) < 4.78 is 1.77. The molecule has 0 aliphatic heterocycles. The average Bonchev–Trinajstić information content (AvgIpc) is 2.72. The monoisotopic (exact) mass is 393 g/mol. The Bertz CT molecular complexity index is 400. The number of guanidine groups is 1. The van der Waals surface area contributed by atoms with E-state index in [1.807, 2.05) is 19.4 Å². The van der Waals surface area contributed by atoms with Crippen LogP contribution in [0.25, 0.3) is 0 Å². The van der Waals surface area contributed by atoms with Crippen LogP contribution in [0, 0.1) is 5.92 Å². The molecule has 0 amide bonds. The Morgan fingerprint density at radius 3 is 2.65 bits per heavy atom. The Morgan fingerprint density at radius 1 is 1.40 bits per heavy atom. The first-order valence-electron chi connectivity index (χ1n) is 7.01. The molecule has 1 heterocycles. The highest BCUT2D eigenvalue weighted by atomic mass is 127. The molecule has 1 rings (SSSR count). The summed E-state index contributed by atoms with van der Waals surface area (Å²) in [5, 5.41) is 7.33. The van der Waals surface area contributed by atoms with Gasteiger partial charge in [0.2, 0.25) is 0 Å². The van der Waals surface area contributed by atoms with E-state index in [0.29, 0.717) is 18.5 Å². The van der Waals surface area contributed by atoms with Crippen molar-refractivity contribution in [3.63, 3.8) is 0 Å². The lowest BCUT2D eigenvalue weighted by Gasteiger charge is -2.14. The Balaban J connectivity index is 0.00000361. The second-order valence-corrected chi connectivity index (χ2v) is 5.59. The molecule has 0 fully saturated rings. The van der Waals surface area contributed by atoms with Gasteiger partial charge in [0, 0.05) is 24.8 Å². The molecule has 116 valence electrons. The fourth-order valence-electron chi connectivity index (χ4n) is 1.93. The van der Waals surface area contributed by atoms with Gasteiger partial charge in [-0.25, -0.2) is 4.99 Å². The van der Waals surface area contributed by atoms with Gasteiger partial charge in [0.1, 0.15) is 0 Å². The Labute approximate surface area is 139 Å². The van der Waals surface area contributed by atoms with Gasteiger partial charge in [-0.15, -0.1) is 24.0 Å². The maximum atomic E-state index is 5.87. The molecule has 1 aromatic rings. The van der Waals surface area contributed by atoms with Gasteiger partial charge >= 0.3 is 0 Å². The van der Waals surface area contributed by atoms with E-state index >= 15 is 0 Å². The van der Waals surface area contributed by atoms with Crippen molar-refractivity contribution in [2.24, 2.45) is 23.7 Å². The van der Waals surface area contributed by atoms with E-state index in [9.17, 15) is 0 Å². The second-order valence-electron chi connectivity index (χ2n) is 5.59. The Morgan fingerprint density at radius 2 is 2.10 bits per heavy atom. The van der Waals surface area contributed by atoms with E-state index in [-0.39, 0.29) is 24.0 Å². The highest BCUT2D eigenvalue weighted by Crippen LogP contribution is 2.08. The molecule has 0 bridgehead atoms. The van der Waals surface area contributed by atoms with Crippen LogP contribution in [-0.4, -0.2) is 21.8 Å². The van der Waals surface area contributed by atoms with Gasteiger partial charge in [-0.2, -0.15) is 5.10 Å². The summed E-state index contributed by atoms with van der Waals surface area (Å²) >= 11 is 0. The first kappa shape index (κ1) is 19.2. The number of nitrogens with one attached hydrogen (secondary N) is 1. The third-order valence-electron chi connectivity index (χ3n) is 3.00. The van der Waals surface area contributed by atoms with Crippen LogP contribution in [0.5, 0.6) is 0 Å². The lowest BCUT2D eigenvalue weighted by molar-refractivity contribution is 0.493. The zero-order valence-corrected chi connectivity index (χ0v) is 15.3. The van der Waals surface area contributed by atoms with Crippen molar-refractivity contribution in [1.29, 1.82) is 0 Å². The van der Waals surface area contributed by atoms with Crippen molar-refractivity contribution >= 4 is 29.9 Å². The van der Waals surface area contributed by atoms with Crippen molar-refractivity contribution in [2.75, 3.05) is 0 Å². The van der Waals surface area contributed by atoms with E-state index in [4.69, 9.17) is 5.73 Å². The number of aliphatic imine (C=N–C) groups is 1. The van der Waals surface area contributed by atoms with Crippen molar-refractivity contribution in [3.8, 4) is 0 Å². The molecule has 5 nitrogen and oxygen atoms in total. The molecule has 1 aromatic heterocycles. The molecule has 1 atom stereocenters. The Kier molecular flexibility index (Phi) is 9.62. The van der Waals surface area contributed by atoms with Gasteiger partial charge in [-0.05, 0) is 19.3 Å². The maximum absolute atomic E-state index is 5.87. The molecule has 0 spiro atoms. The smallest absolute Gasteiger partial charge is 0.189 e. The third kappa shape index (κ3) is 8.39. The standard InChI is InChI=1S/C14H27N5.HI/c1-11(2)6-5-7-12(3)18-14(15)16-8-13-9-17-19(4)10-13;/h9-12H,5-8H2,1-4H3,(H3,15,16,18);1H. The quantitative estimate of drug-likeness (QED) is 0.425. The first-order valence-corrected chi connectivity index (χ1v) is 7.01. The number of nitrogens with two attached hydrogens (primary N) is 1. The van der Waals surface area contributed by atoms with Crippen molar-refractivity contribution in [1.82, 2.24) is 15.1 Å². The topological polar surface area (TPSA) is 68.2 Å². The van der Waals surface area contributed by atoms with Crippen molar-refractivity contribution in [2.45, 2.75) is 52.6 Å².